The molecule has 0 bridgehead atoms. The van der Waals surface area contributed by atoms with E-state index >= 15 is 0 Å². The van der Waals surface area contributed by atoms with Crippen molar-refractivity contribution < 1.29 is 9.63 Å². The molecule has 1 saturated heterocycles. The molecule has 27 heavy (non-hydrogen) atoms. The number of anilines is 1. The number of amides is 1. The lowest BCUT2D eigenvalue weighted by Gasteiger charge is -2.38. The summed E-state index contributed by atoms with van der Waals surface area (Å²) in [7, 11) is 1.97. The average molecular weight is 361 g/mol. The van der Waals surface area contributed by atoms with Gasteiger partial charge in [0.25, 0.3) is 5.91 Å². The van der Waals surface area contributed by atoms with Crippen LogP contribution in [0, 0.1) is 16.7 Å². The van der Waals surface area contributed by atoms with Crippen LogP contribution in [-0.2, 0) is 21.7 Å². The van der Waals surface area contributed by atoms with E-state index in [1.165, 1.54) is 5.06 Å². The maximum Gasteiger partial charge on any atom is 0.254 e. The number of hydroxylamine groups is 2. The van der Waals surface area contributed by atoms with Gasteiger partial charge in [-0.2, -0.15) is 10.3 Å². The van der Waals surface area contributed by atoms with E-state index in [4.69, 9.17) is 4.84 Å². The van der Waals surface area contributed by atoms with Crippen LogP contribution in [0.2, 0.25) is 0 Å². The molecule has 2 aromatic rings. The number of fused-ring (bicyclic) bond motifs is 3. The molecule has 2 aliphatic rings. The number of likely N-dealkylation sites (N-methyl/N-ethyl adjacent to an activating group) is 1. The number of benzene rings is 2. The minimum absolute atomic E-state index is 0.0833. The van der Waals surface area contributed by atoms with Crippen LogP contribution in [0.3, 0.4) is 0 Å². The van der Waals surface area contributed by atoms with Crippen molar-refractivity contribution in [3.05, 3.63) is 65.7 Å². The molecule has 2 unspecified atom stereocenters. The molecule has 0 aliphatic carbocycles. The Kier molecular flexibility index (Phi) is 3.97. The highest BCUT2D eigenvalue weighted by Gasteiger charge is 2.70. The predicted octanol–water partition coefficient (Wildman–Crippen LogP) is 3.61. The summed E-state index contributed by atoms with van der Waals surface area (Å²) in [5.41, 5.74) is 1.69. The third-order valence-corrected chi connectivity index (χ3v) is 6.22. The molecule has 1 amide bonds. The second-order valence-corrected chi connectivity index (χ2v) is 7.82. The first kappa shape index (κ1) is 17.6. The summed E-state index contributed by atoms with van der Waals surface area (Å²) in [6.45, 7) is 4.18. The van der Waals surface area contributed by atoms with Crippen molar-refractivity contribution in [2.45, 2.75) is 38.5 Å². The molecule has 138 valence electrons. The summed E-state index contributed by atoms with van der Waals surface area (Å²) in [5, 5.41) is 11.2. The van der Waals surface area contributed by atoms with Crippen molar-refractivity contribution in [2.24, 2.45) is 5.41 Å². The number of carbonyl (C=O) groups is 1. The average Bonchev–Trinajstić information content (AvgIpc) is 3.02. The molecule has 1 fully saturated rings. The van der Waals surface area contributed by atoms with Crippen LogP contribution >= 0.6 is 0 Å². The zero-order valence-corrected chi connectivity index (χ0v) is 15.8. The Labute approximate surface area is 159 Å². The van der Waals surface area contributed by atoms with Gasteiger partial charge in [0.15, 0.2) is 0 Å². The second kappa shape index (κ2) is 6.11. The largest absolute Gasteiger partial charge is 0.351 e. The van der Waals surface area contributed by atoms with Crippen molar-refractivity contribution in [1.82, 2.24) is 5.06 Å². The lowest BCUT2D eigenvalue weighted by molar-refractivity contribution is -0.198. The van der Waals surface area contributed by atoms with Crippen molar-refractivity contribution in [3.63, 3.8) is 0 Å². The predicted molar refractivity (Wildman–Crippen MR) is 102 cm³/mol. The van der Waals surface area contributed by atoms with Gasteiger partial charge < -0.3 is 4.90 Å². The summed E-state index contributed by atoms with van der Waals surface area (Å²) < 4.78 is 0. The molecule has 2 atom stereocenters. The standard InChI is InChI=1S/C22H23N3O2/c1-21(2)20(26)25(27-15-16-9-5-4-6-10-16)19-22(21,13-14-23)17-11-7-8-12-18(17)24(19)3/h4-12,19H,13,15H2,1-3H3. The van der Waals surface area contributed by atoms with Crippen LogP contribution in [-0.4, -0.2) is 24.2 Å². The number of nitriles is 1. The van der Waals surface area contributed by atoms with Crippen molar-refractivity contribution >= 4 is 11.6 Å². The van der Waals surface area contributed by atoms with E-state index in [9.17, 15) is 10.1 Å². The first-order valence-electron chi connectivity index (χ1n) is 9.15. The Morgan fingerprint density at radius 3 is 2.48 bits per heavy atom. The molecular formula is C22H23N3O2. The van der Waals surface area contributed by atoms with E-state index in [0.29, 0.717) is 6.61 Å². The summed E-state index contributed by atoms with van der Waals surface area (Å²) in [6.07, 6.45) is -0.0936. The Morgan fingerprint density at radius 1 is 1.11 bits per heavy atom. The lowest BCUT2D eigenvalue weighted by Crippen LogP contribution is -2.50. The Balaban J connectivity index is 1.79. The van der Waals surface area contributed by atoms with Gasteiger partial charge in [-0.25, -0.2) is 0 Å². The van der Waals surface area contributed by atoms with Gasteiger partial charge in [-0.1, -0.05) is 48.5 Å². The van der Waals surface area contributed by atoms with Crippen LogP contribution in [0.4, 0.5) is 5.69 Å². The van der Waals surface area contributed by atoms with E-state index in [1.807, 2.05) is 75.5 Å². The fraction of sp³-hybridized carbons (Fsp3) is 0.364. The highest BCUT2D eigenvalue weighted by atomic mass is 16.7. The van der Waals surface area contributed by atoms with E-state index in [2.05, 4.69) is 11.0 Å². The van der Waals surface area contributed by atoms with Gasteiger partial charge >= 0.3 is 0 Å². The summed E-state index contributed by atoms with van der Waals surface area (Å²) in [5.74, 6) is -0.0833. The van der Waals surface area contributed by atoms with Gasteiger partial charge in [0.2, 0.25) is 0 Å². The minimum Gasteiger partial charge on any atom is -0.351 e. The van der Waals surface area contributed by atoms with Gasteiger partial charge in [0.1, 0.15) is 12.8 Å². The quantitative estimate of drug-likeness (QED) is 0.835. The van der Waals surface area contributed by atoms with Crippen molar-refractivity contribution in [1.29, 1.82) is 5.26 Å². The molecule has 5 nitrogen and oxygen atoms in total. The zero-order valence-electron chi connectivity index (χ0n) is 15.8. The van der Waals surface area contributed by atoms with Gasteiger partial charge in [0.05, 0.1) is 16.9 Å². The van der Waals surface area contributed by atoms with Crippen molar-refractivity contribution in [3.8, 4) is 6.07 Å². The number of hydrogen-bond donors (Lipinski definition) is 0. The first-order chi connectivity index (χ1) is 12.9. The highest BCUT2D eigenvalue weighted by molar-refractivity contribution is 5.90. The topological polar surface area (TPSA) is 56.6 Å². The maximum absolute atomic E-state index is 13.4. The molecular weight excluding hydrogens is 338 g/mol. The molecule has 0 saturated carbocycles. The molecule has 4 rings (SSSR count). The van der Waals surface area contributed by atoms with E-state index < -0.39 is 10.8 Å². The van der Waals surface area contributed by atoms with Crippen LogP contribution in [0.1, 0.15) is 31.4 Å². The SMILES string of the molecule is CN1c2ccccc2C2(CC#N)C1N(OCc1ccccc1)C(=O)C2(C)C. The molecule has 0 aromatic heterocycles. The Hall–Kier alpha value is -2.84. The number of carbonyl (C=O) groups excluding carboxylic acids is 1. The Morgan fingerprint density at radius 2 is 1.78 bits per heavy atom. The highest BCUT2D eigenvalue weighted by Crippen LogP contribution is 2.61. The van der Waals surface area contributed by atoms with Gasteiger partial charge in [-0.05, 0) is 31.0 Å². The summed E-state index contributed by atoms with van der Waals surface area (Å²) in [6, 6.07) is 20.2. The fourth-order valence-corrected chi connectivity index (χ4v) is 4.73. The smallest absolute Gasteiger partial charge is 0.254 e. The number of nitrogens with zero attached hydrogens (tertiary/aromatic N) is 3. The second-order valence-electron chi connectivity index (χ2n) is 7.82. The van der Waals surface area contributed by atoms with E-state index in [0.717, 1.165) is 16.8 Å². The fourth-order valence-electron chi connectivity index (χ4n) is 4.73. The van der Waals surface area contributed by atoms with Crippen molar-refractivity contribution in [2.75, 3.05) is 11.9 Å². The van der Waals surface area contributed by atoms with Crippen LogP contribution < -0.4 is 4.90 Å². The number of para-hydroxylation sites is 1. The molecule has 5 heteroatoms. The molecule has 2 heterocycles. The van der Waals surface area contributed by atoms with Gasteiger partial charge in [0, 0.05) is 19.2 Å². The van der Waals surface area contributed by atoms with Gasteiger partial charge in [-0.15, -0.1) is 0 Å². The molecule has 2 aliphatic heterocycles. The van der Waals surface area contributed by atoms with Crippen LogP contribution in [0.15, 0.2) is 54.6 Å². The van der Waals surface area contributed by atoms with Crippen LogP contribution in [0.25, 0.3) is 0 Å². The zero-order chi connectivity index (χ0) is 19.2. The number of hydrogen-bond acceptors (Lipinski definition) is 4. The molecule has 0 radical (unpaired) electrons. The number of rotatable bonds is 4. The first-order valence-corrected chi connectivity index (χ1v) is 9.15. The summed E-state index contributed by atoms with van der Waals surface area (Å²) >= 11 is 0. The van der Waals surface area contributed by atoms with Crippen LogP contribution in [0.5, 0.6) is 0 Å². The normalized spacial score (nSPS) is 25.3. The molecule has 0 spiro atoms. The molecule has 0 N–H and O–H groups in total. The monoisotopic (exact) mass is 361 g/mol. The summed E-state index contributed by atoms with van der Waals surface area (Å²) in [4.78, 5) is 21.5. The molecule has 2 aromatic carbocycles. The third kappa shape index (κ3) is 2.23. The van der Waals surface area contributed by atoms with E-state index in [1.54, 1.807) is 0 Å². The Bertz CT molecular complexity index is 919. The third-order valence-electron chi connectivity index (χ3n) is 6.22. The minimum atomic E-state index is -0.759. The maximum atomic E-state index is 13.4. The lowest BCUT2D eigenvalue weighted by atomic mass is 9.62. The van der Waals surface area contributed by atoms with Gasteiger partial charge in [-0.3, -0.25) is 9.63 Å². The van der Waals surface area contributed by atoms with E-state index in [-0.39, 0.29) is 18.5 Å².